The normalized spacial score (nSPS) is 18.0. The molecule has 1 unspecified atom stereocenters. The predicted molar refractivity (Wildman–Crippen MR) is 153 cm³/mol. The number of carbonyl (C=O) groups is 1. The summed E-state index contributed by atoms with van der Waals surface area (Å²) in [5.41, 5.74) is 4.17. The fourth-order valence-electron chi connectivity index (χ4n) is 5.94. The Bertz CT molecular complexity index is 1750. The van der Waals surface area contributed by atoms with Gasteiger partial charge >= 0.3 is 5.97 Å². The Hall–Kier alpha value is -4.28. The van der Waals surface area contributed by atoms with Gasteiger partial charge in [0, 0.05) is 29.8 Å². The SMILES string of the molecule is O=C(O)c1ccc2nc(CN3CCC(c4cccc(OCc5ccc(F)c6ccoc56)n4)CC3)n(CC3CCO3)c2c1. The number of aromatic carboxylic acids is 1. The van der Waals surface area contributed by atoms with Crippen molar-refractivity contribution >= 4 is 28.0 Å². The lowest BCUT2D eigenvalue weighted by atomic mass is 9.93. The topological polar surface area (TPSA) is 103 Å². The third-order valence-corrected chi connectivity index (χ3v) is 8.39. The van der Waals surface area contributed by atoms with Crippen LogP contribution in [-0.4, -0.2) is 56.3 Å². The van der Waals surface area contributed by atoms with Crippen LogP contribution in [0.15, 0.2) is 65.3 Å². The van der Waals surface area contributed by atoms with Crippen molar-refractivity contribution in [1.29, 1.82) is 0 Å². The Labute approximate surface area is 241 Å². The Morgan fingerprint density at radius 1 is 1.07 bits per heavy atom. The number of halogens is 1. The maximum atomic E-state index is 14.0. The van der Waals surface area contributed by atoms with Gasteiger partial charge in [0.25, 0.3) is 0 Å². The van der Waals surface area contributed by atoms with Gasteiger partial charge in [0.15, 0.2) is 0 Å². The molecule has 1 N–H and O–H groups in total. The van der Waals surface area contributed by atoms with Gasteiger partial charge in [0.1, 0.15) is 23.8 Å². The number of hydrogen-bond acceptors (Lipinski definition) is 7. The molecule has 42 heavy (non-hydrogen) atoms. The van der Waals surface area contributed by atoms with Gasteiger partial charge in [-0.15, -0.1) is 0 Å². The van der Waals surface area contributed by atoms with Crippen LogP contribution in [0.3, 0.4) is 0 Å². The summed E-state index contributed by atoms with van der Waals surface area (Å²) in [5.74, 6) is 0.522. The fourth-order valence-corrected chi connectivity index (χ4v) is 5.94. The number of ether oxygens (including phenoxy) is 2. The standard InChI is InChI=1S/C32H31FN4O5/c33-25-6-4-22(31-24(25)11-15-41-31)19-42-30-3-1-2-26(35-30)20-8-12-36(13-9-20)18-29-34-27-7-5-21(32(38)39)16-28(27)37(29)17-23-10-14-40-23/h1-7,11,15-16,20,23H,8-10,12-14,17-19H2,(H,38,39). The van der Waals surface area contributed by atoms with Crippen LogP contribution in [0.2, 0.25) is 0 Å². The van der Waals surface area contributed by atoms with Gasteiger partial charge in [-0.3, -0.25) is 4.90 Å². The van der Waals surface area contributed by atoms with E-state index in [4.69, 9.17) is 23.9 Å². The van der Waals surface area contributed by atoms with Crippen molar-refractivity contribution in [1.82, 2.24) is 19.4 Å². The third kappa shape index (κ3) is 5.23. The van der Waals surface area contributed by atoms with Crippen LogP contribution in [-0.2, 0) is 24.4 Å². The van der Waals surface area contributed by atoms with Crippen molar-refractivity contribution in [2.24, 2.45) is 0 Å². The van der Waals surface area contributed by atoms with E-state index in [2.05, 4.69) is 9.47 Å². The molecule has 2 aliphatic rings. The number of carboxylic acids is 1. The van der Waals surface area contributed by atoms with E-state index in [1.165, 1.54) is 12.3 Å². The van der Waals surface area contributed by atoms with Crippen molar-refractivity contribution in [3.05, 3.63) is 89.3 Å². The largest absolute Gasteiger partial charge is 0.478 e. The molecule has 10 heteroatoms. The highest BCUT2D eigenvalue weighted by molar-refractivity contribution is 5.92. The first-order chi connectivity index (χ1) is 20.5. The number of benzene rings is 2. The van der Waals surface area contributed by atoms with E-state index in [1.807, 2.05) is 18.2 Å². The average molecular weight is 571 g/mol. The second kappa shape index (κ2) is 11.2. The van der Waals surface area contributed by atoms with Crippen molar-refractivity contribution in [2.75, 3.05) is 19.7 Å². The second-order valence-electron chi connectivity index (χ2n) is 11.0. The monoisotopic (exact) mass is 570 g/mol. The Kier molecular flexibility index (Phi) is 7.09. The fraction of sp³-hybridized carbons (Fsp3) is 0.344. The second-order valence-corrected chi connectivity index (χ2v) is 11.0. The molecule has 2 saturated heterocycles. The van der Waals surface area contributed by atoms with Crippen LogP contribution in [0, 0.1) is 5.82 Å². The number of carboxylic acid groups (broad SMARTS) is 1. The van der Waals surface area contributed by atoms with Gasteiger partial charge in [0.05, 0.1) is 47.4 Å². The zero-order chi connectivity index (χ0) is 28.6. The Morgan fingerprint density at radius 3 is 2.71 bits per heavy atom. The first kappa shape index (κ1) is 26.6. The number of nitrogens with zero attached hydrogens (tertiary/aromatic N) is 4. The van der Waals surface area contributed by atoms with Crippen LogP contribution in [0.25, 0.3) is 22.0 Å². The number of furan rings is 1. The number of pyridine rings is 1. The van der Waals surface area contributed by atoms with E-state index in [-0.39, 0.29) is 24.1 Å². The molecular formula is C32H31FN4O5. The van der Waals surface area contributed by atoms with Gasteiger partial charge in [-0.2, -0.15) is 0 Å². The molecule has 2 aromatic carbocycles. The summed E-state index contributed by atoms with van der Waals surface area (Å²) in [4.78, 5) is 23.7. The molecule has 5 aromatic rings. The third-order valence-electron chi connectivity index (χ3n) is 8.39. The minimum Gasteiger partial charge on any atom is -0.478 e. The quantitative estimate of drug-likeness (QED) is 0.239. The van der Waals surface area contributed by atoms with E-state index in [1.54, 1.807) is 30.3 Å². The first-order valence-electron chi connectivity index (χ1n) is 14.3. The van der Waals surface area contributed by atoms with E-state index >= 15 is 0 Å². The van der Waals surface area contributed by atoms with Crippen LogP contribution in [0.4, 0.5) is 4.39 Å². The summed E-state index contributed by atoms with van der Waals surface area (Å²) in [6.45, 7) is 4.15. The lowest BCUT2D eigenvalue weighted by molar-refractivity contribution is -0.0592. The van der Waals surface area contributed by atoms with Crippen molar-refractivity contribution in [2.45, 2.75) is 51.0 Å². The minimum absolute atomic E-state index is 0.133. The number of fused-ring (bicyclic) bond motifs is 2. The number of imidazole rings is 1. The minimum atomic E-state index is -0.943. The Balaban J connectivity index is 1.01. The Morgan fingerprint density at radius 2 is 1.93 bits per heavy atom. The average Bonchev–Trinajstić information content (AvgIpc) is 3.61. The summed E-state index contributed by atoms with van der Waals surface area (Å²) >= 11 is 0. The van der Waals surface area contributed by atoms with Crippen LogP contribution in [0.5, 0.6) is 5.88 Å². The molecule has 216 valence electrons. The lowest BCUT2D eigenvalue weighted by Crippen LogP contribution is -2.35. The molecule has 1 atom stereocenters. The summed E-state index contributed by atoms with van der Waals surface area (Å²) in [7, 11) is 0. The highest BCUT2D eigenvalue weighted by atomic mass is 19.1. The van der Waals surface area contributed by atoms with Crippen molar-refractivity contribution < 1.29 is 28.2 Å². The molecule has 3 aromatic heterocycles. The molecule has 0 saturated carbocycles. The maximum absolute atomic E-state index is 14.0. The lowest BCUT2D eigenvalue weighted by Gasteiger charge is -2.32. The van der Waals surface area contributed by atoms with Crippen LogP contribution in [0.1, 0.15) is 52.6 Å². The van der Waals surface area contributed by atoms with Gasteiger partial charge in [-0.25, -0.2) is 19.2 Å². The number of aromatic nitrogens is 3. The van der Waals surface area contributed by atoms with E-state index in [9.17, 15) is 14.3 Å². The molecule has 2 fully saturated rings. The molecule has 0 aliphatic carbocycles. The number of likely N-dealkylation sites (tertiary alicyclic amines) is 1. The van der Waals surface area contributed by atoms with E-state index < -0.39 is 5.97 Å². The van der Waals surface area contributed by atoms with E-state index in [0.717, 1.165) is 67.1 Å². The van der Waals surface area contributed by atoms with Gasteiger partial charge < -0.3 is 23.6 Å². The van der Waals surface area contributed by atoms with Crippen LogP contribution < -0.4 is 4.74 Å². The smallest absolute Gasteiger partial charge is 0.335 e. The van der Waals surface area contributed by atoms with Crippen molar-refractivity contribution in [3.63, 3.8) is 0 Å². The van der Waals surface area contributed by atoms with Gasteiger partial charge in [-0.1, -0.05) is 6.07 Å². The molecule has 2 aliphatic heterocycles. The molecule has 7 rings (SSSR count). The summed E-state index contributed by atoms with van der Waals surface area (Å²) < 4.78 is 33.3. The molecule has 0 radical (unpaired) electrons. The van der Waals surface area contributed by atoms with Crippen LogP contribution >= 0.6 is 0 Å². The summed E-state index contributed by atoms with van der Waals surface area (Å²) in [5, 5.41) is 9.95. The maximum Gasteiger partial charge on any atom is 0.335 e. The first-order valence-corrected chi connectivity index (χ1v) is 14.3. The van der Waals surface area contributed by atoms with Gasteiger partial charge in [-0.05, 0) is 74.8 Å². The highest BCUT2D eigenvalue weighted by Gasteiger charge is 2.26. The summed E-state index contributed by atoms with van der Waals surface area (Å²) in [6.07, 6.45) is 4.52. The number of piperidine rings is 1. The summed E-state index contributed by atoms with van der Waals surface area (Å²) in [6, 6.07) is 15.7. The van der Waals surface area contributed by atoms with Gasteiger partial charge in [0.2, 0.25) is 5.88 Å². The zero-order valence-electron chi connectivity index (χ0n) is 23.0. The molecule has 9 nitrogen and oxygen atoms in total. The molecule has 0 bridgehead atoms. The molecule has 5 heterocycles. The number of hydrogen-bond donors (Lipinski definition) is 1. The predicted octanol–water partition coefficient (Wildman–Crippen LogP) is 5.76. The highest BCUT2D eigenvalue weighted by Crippen LogP contribution is 2.30. The zero-order valence-corrected chi connectivity index (χ0v) is 23.0. The molecular weight excluding hydrogens is 539 g/mol. The number of rotatable bonds is 9. The van der Waals surface area contributed by atoms with E-state index in [0.29, 0.717) is 35.9 Å². The molecule has 0 spiro atoms. The molecule has 0 amide bonds. The van der Waals surface area contributed by atoms with Crippen molar-refractivity contribution in [3.8, 4) is 5.88 Å².